The molecule has 3 heteroatoms. The highest BCUT2D eigenvalue weighted by atomic mass is 15.0. The summed E-state index contributed by atoms with van der Waals surface area (Å²) in [5.41, 5.74) is 3.37. The predicted octanol–water partition coefficient (Wildman–Crippen LogP) is 5.29. The molecule has 26 heavy (non-hydrogen) atoms. The largest absolute Gasteiger partial charge is 0.213 e. The van der Waals surface area contributed by atoms with Gasteiger partial charge in [-0.2, -0.15) is 0 Å². The molecule has 0 bridgehead atoms. The summed E-state index contributed by atoms with van der Waals surface area (Å²) in [7, 11) is 0. The molecule has 0 saturated heterocycles. The van der Waals surface area contributed by atoms with Crippen LogP contribution in [0.15, 0.2) is 78.9 Å². The van der Waals surface area contributed by atoms with Crippen LogP contribution in [-0.2, 0) is 5.41 Å². The first kappa shape index (κ1) is 16.4. The van der Waals surface area contributed by atoms with Crippen molar-refractivity contribution in [3.8, 4) is 22.8 Å². The van der Waals surface area contributed by atoms with Crippen LogP contribution >= 0.6 is 0 Å². The third kappa shape index (κ3) is 3.21. The Morgan fingerprint density at radius 1 is 0.769 bits per heavy atom. The standard InChI is InChI=1S/C23H21N3/c1-17-24-21(18-9-5-3-6-10-18)26-22(25-17)19-11-13-20(14-12-19)23(2)15-7-4-8-16-23/h3-15H,16H2,1-2H3. The van der Waals surface area contributed by atoms with Crippen LogP contribution in [0.1, 0.15) is 24.7 Å². The fourth-order valence-corrected chi connectivity index (χ4v) is 3.27. The van der Waals surface area contributed by atoms with Crippen molar-refractivity contribution in [3.63, 3.8) is 0 Å². The number of aromatic nitrogens is 3. The Labute approximate surface area is 154 Å². The Balaban J connectivity index is 1.69. The van der Waals surface area contributed by atoms with Gasteiger partial charge in [0.2, 0.25) is 0 Å². The SMILES string of the molecule is Cc1nc(-c2ccccc2)nc(-c2ccc(C3(C)C=CC=CC3)cc2)n1. The topological polar surface area (TPSA) is 38.7 Å². The van der Waals surface area contributed by atoms with E-state index < -0.39 is 0 Å². The summed E-state index contributed by atoms with van der Waals surface area (Å²) in [6.07, 6.45) is 9.73. The van der Waals surface area contributed by atoms with Crippen LogP contribution in [0.5, 0.6) is 0 Å². The molecule has 2 aromatic carbocycles. The molecule has 1 heterocycles. The second-order valence-electron chi connectivity index (χ2n) is 6.88. The second-order valence-corrected chi connectivity index (χ2v) is 6.88. The Morgan fingerprint density at radius 3 is 2.04 bits per heavy atom. The molecule has 0 saturated carbocycles. The lowest BCUT2D eigenvalue weighted by atomic mass is 9.77. The second kappa shape index (κ2) is 6.68. The van der Waals surface area contributed by atoms with Crippen LogP contribution in [0, 0.1) is 6.92 Å². The molecule has 3 aromatic rings. The number of nitrogens with zero attached hydrogens (tertiary/aromatic N) is 3. The number of aryl methyl sites for hydroxylation is 1. The first-order valence-electron chi connectivity index (χ1n) is 8.87. The van der Waals surface area contributed by atoms with Gasteiger partial charge < -0.3 is 0 Å². The molecule has 128 valence electrons. The van der Waals surface area contributed by atoms with Gasteiger partial charge in [-0.1, -0.05) is 85.8 Å². The van der Waals surface area contributed by atoms with Gasteiger partial charge in [0.05, 0.1) is 0 Å². The fraction of sp³-hybridized carbons (Fsp3) is 0.174. The zero-order valence-electron chi connectivity index (χ0n) is 15.1. The average molecular weight is 339 g/mol. The van der Waals surface area contributed by atoms with E-state index in [4.69, 9.17) is 0 Å². The van der Waals surface area contributed by atoms with Crippen molar-refractivity contribution in [2.75, 3.05) is 0 Å². The van der Waals surface area contributed by atoms with Crippen LogP contribution in [0.3, 0.4) is 0 Å². The molecule has 0 N–H and O–H groups in total. The maximum atomic E-state index is 4.69. The molecular formula is C23H21N3. The summed E-state index contributed by atoms with van der Waals surface area (Å²) >= 11 is 0. The van der Waals surface area contributed by atoms with Gasteiger partial charge in [0.1, 0.15) is 5.82 Å². The monoisotopic (exact) mass is 339 g/mol. The smallest absolute Gasteiger partial charge is 0.163 e. The summed E-state index contributed by atoms with van der Waals surface area (Å²) in [6.45, 7) is 4.18. The van der Waals surface area contributed by atoms with Crippen LogP contribution in [-0.4, -0.2) is 15.0 Å². The quantitative estimate of drug-likeness (QED) is 0.651. The number of benzene rings is 2. The summed E-state index contributed by atoms with van der Waals surface area (Å²) < 4.78 is 0. The number of hydrogen-bond donors (Lipinski definition) is 0. The van der Waals surface area contributed by atoms with E-state index in [1.807, 2.05) is 37.3 Å². The van der Waals surface area contributed by atoms with Crippen LogP contribution < -0.4 is 0 Å². The highest BCUT2D eigenvalue weighted by Gasteiger charge is 2.23. The van der Waals surface area contributed by atoms with Gasteiger partial charge in [-0.05, 0) is 18.9 Å². The third-order valence-corrected chi connectivity index (χ3v) is 4.83. The van der Waals surface area contributed by atoms with Gasteiger partial charge in [-0.15, -0.1) is 0 Å². The van der Waals surface area contributed by atoms with E-state index in [1.54, 1.807) is 0 Å². The molecule has 0 fully saturated rings. The van der Waals surface area contributed by atoms with Crippen molar-refractivity contribution in [1.29, 1.82) is 0 Å². The van der Waals surface area contributed by atoms with Crippen LogP contribution in [0.25, 0.3) is 22.8 Å². The maximum absolute atomic E-state index is 4.69. The first-order chi connectivity index (χ1) is 12.6. The van der Waals surface area contributed by atoms with E-state index in [-0.39, 0.29) is 5.41 Å². The lowest BCUT2D eigenvalue weighted by molar-refractivity contribution is 0.600. The molecule has 0 aliphatic heterocycles. The van der Waals surface area contributed by atoms with Gasteiger partial charge in [0.25, 0.3) is 0 Å². The summed E-state index contributed by atoms with van der Waals surface area (Å²) in [5.74, 6) is 2.15. The molecule has 1 aliphatic rings. The molecule has 1 atom stereocenters. The van der Waals surface area contributed by atoms with Gasteiger partial charge in [0, 0.05) is 16.5 Å². The number of rotatable bonds is 3. The molecule has 1 aliphatic carbocycles. The molecular weight excluding hydrogens is 318 g/mol. The molecule has 0 amide bonds. The first-order valence-corrected chi connectivity index (χ1v) is 8.87. The summed E-state index contributed by atoms with van der Waals surface area (Å²) in [4.78, 5) is 13.7. The van der Waals surface area contributed by atoms with E-state index >= 15 is 0 Å². The molecule has 4 rings (SSSR count). The van der Waals surface area contributed by atoms with E-state index in [9.17, 15) is 0 Å². The van der Waals surface area contributed by atoms with Gasteiger partial charge >= 0.3 is 0 Å². The Hall–Kier alpha value is -3.07. The molecule has 1 unspecified atom stereocenters. The normalized spacial score (nSPS) is 18.8. The molecule has 1 aromatic heterocycles. The van der Waals surface area contributed by atoms with E-state index in [2.05, 4.69) is 70.4 Å². The number of hydrogen-bond acceptors (Lipinski definition) is 3. The van der Waals surface area contributed by atoms with Crippen molar-refractivity contribution in [2.45, 2.75) is 25.7 Å². The minimum atomic E-state index is 0.0531. The van der Waals surface area contributed by atoms with Crippen molar-refractivity contribution < 1.29 is 0 Å². The fourth-order valence-electron chi connectivity index (χ4n) is 3.27. The third-order valence-electron chi connectivity index (χ3n) is 4.83. The average Bonchev–Trinajstić information content (AvgIpc) is 2.69. The van der Waals surface area contributed by atoms with E-state index in [1.165, 1.54) is 5.56 Å². The highest BCUT2D eigenvalue weighted by Crippen LogP contribution is 2.33. The predicted molar refractivity (Wildman–Crippen MR) is 106 cm³/mol. The minimum absolute atomic E-state index is 0.0531. The van der Waals surface area contributed by atoms with Gasteiger partial charge in [-0.3, -0.25) is 0 Å². The van der Waals surface area contributed by atoms with Crippen molar-refractivity contribution in [2.24, 2.45) is 0 Å². The zero-order valence-corrected chi connectivity index (χ0v) is 15.1. The Morgan fingerprint density at radius 2 is 1.42 bits per heavy atom. The zero-order chi connectivity index (χ0) is 18.0. The van der Waals surface area contributed by atoms with Crippen molar-refractivity contribution >= 4 is 0 Å². The van der Waals surface area contributed by atoms with Gasteiger partial charge in [0.15, 0.2) is 11.6 Å². The highest BCUT2D eigenvalue weighted by molar-refractivity contribution is 5.61. The Kier molecular flexibility index (Phi) is 4.21. The van der Waals surface area contributed by atoms with E-state index in [0.29, 0.717) is 11.6 Å². The van der Waals surface area contributed by atoms with E-state index in [0.717, 1.165) is 23.4 Å². The van der Waals surface area contributed by atoms with Crippen LogP contribution in [0.2, 0.25) is 0 Å². The minimum Gasteiger partial charge on any atom is -0.213 e. The van der Waals surface area contributed by atoms with Crippen LogP contribution in [0.4, 0.5) is 0 Å². The Bertz CT molecular complexity index is 972. The lowest BCUT2D eigenvalue weighted by Gasteiger charge is -2.27. The molecule has 3 nitrogen and oxygen atoms in total. The number of allylic oxidation sites excluding steroid dienone is 4. The molecule has 0 spiro atoms. The summed E-state index contributed by atoms with van der Waals surface area (Å²) in [5, 5.41) is 0. The maximum Gasteiger partial charge on any atom is 0.163 e. The van der Waals surface area contributed by atoms with Gasteiger partial charge in [-0.25, -0.2) is 15.0 Å². The summed E-state index contributed by atoms with van der Waals surface area (Å²) in [6, 6.07) is 18.6. The van der Waals surface area contributed by atoms with Crippen molar-refractivity contribution in [3.05, 3.63) is 90.3 Å². The van der Waals surface area contributed by atoms with Crippen molar-refractivity contribution in [1.82, 2.24) is 15.0 Å². The lowest BCUT2D eigenvalue weighted by Crippen LogP contribution is -2.19. The molecule has 0 radical (unpaired) electrons.